The van der Waals surface area contributed by atoms with Gasteiger partial charge in [0.15, 0.2) is 14.4 Å². The second kappa shape index (κ2) is 8.05. The number of hydrogen-bond acceptors (Lipinski definition) is 4. The number of rotatable bonds is 7. The number of halogens is 2. The van der Waals surface area contributed by atoms with Gasteiger partial charge in [-0.3, -0.25) is 0 Å². The van der Waals surface area contributed by atoms with Crippen molar-refractivity contribution in [1.29, 1.82) is 0 Å². The molecule has 1 amide bonds. The van der Waals surface area contributed by atoms with E-state index in [0.717, 1.165) is 0 Å². The topological polar surface area (TPSA) is 67.8 Å². The SMILES string of the molecule is CC(O[Si](C)(C)C(C)(C)C)C(CO)OC(=O)NCC(F)F. The molecule has 21 heavy (non-hydrogen) atoms. The number of carbonyl (C=O) groups excluding carboxylic acids is 1. The van der Waals surface area contributed by atoms with Gasteiger partial charge in [-0.15, -0.1) is 0 Å². The van der Waals surface area contributed by atoms with Crippen LogP contribution in [-0.2, 0) is 9.16 Å². The van der Waals surface area contributed by atoms with Crippen LogP contribution in [0.3, 0.4) is 0 Å². The molecule has 0 radical (unpaired) electrons. The van der Waals surface area contributed by atoms with Gasteiger partial charge < -0.3 is 19.6 Å². The molecule has 0 aromatic carbocycles. The lowest BCUT2D eigenvalue weighted by molar-refractivity contribution is -0.0137. The zero-order valence-corrected chi connectivity index (χ0v) is 14.6. The van der Waals surface area contributed by atoms with Gasteiger partial charge in [0.05, 0.1) is 19.3 Å². The summed E-state index contributed by atoms with van der Waals surface area (Å²) in [6.45, 7) is 10.8. The largest absolute Gasteiger partial charge is 0.441 e. The summed E-state index contributed by atoms with van der Waals surface area (Å²) in [5.74, 6) is 0. The third kappa shape index (κ3) is 7.19. The van der Waals surface area contributed by atoms with Gasteiger partial charge in [0.1, 0.15) is 0 Å². The number of aliphatic hydroxyl groups excluding tert-OH is 1. The van der Waals surface area contributed by atoms with Crippen molar-refractivity contribution in [3.05, 3.63) is 0 Å². The number of ether oxygens (including phenoxy) is 1. The van der Waals surface area contributed by atoms with E-state index in [9.17, 15) is 18.7 Å². The van der Waals surface area contributed by atoms with E-state index < -0.39 is 46.2 Å². The van der Waals surface area contributed by atoms with Gasteiger partial charge in [0.25, 0.3) is 6.43 Å². The molecule has 8 heteroatoms. The molecular weight excluding hydrogens is 300 g/mol. The third-order valence-electron chi connectivity index (χ3n) is 3.65. The van der Waals surface area contributed by atoms with Crippen LogP contribution < -0.4 is 5.32 Å². The summed E-state index contributed by atoms with van der Waals surface area (Å²) in [4.78, 5) is 11.4. The fraction of sp³-hybridized carbons (Fsp3) is 0.923. The number of alkyl halides is 2. The van der Waals surface area contributed by atoms with E-state index in [-0.39, 0.29) is 5.04 Å². The monoisotopic (exact) mass is 327 g/mol. The van der Waals surface area contributed by atoms with Crippen LogP contribution in [-0.4, -0.2) is 51.3 Å². The van der Waals surface area contributed by atoms with Crippen LogP contribution in [0.5, 0.6) is 0 Å². The summed E-state index contributed by atoms with van der Waals surface area (Å²) < 4.78 is 34.9. The molecule has 0 saturated heterocycles. The van der Waals surface area contributed by atoms with Gasteiger partial charge in [0.2, 0.25) is 0 Å². The molecule has 2 unspecified atom stereocenters. The summed E-state index contributed by atoms with van der Waals surface area (Å²) in [6, 6.07) is 0. The van der Waals surface area contributed by atoms with Crippen molar-refractivity contribution in [3.63, 3.8) is 0 Å². The third-order valence-corrected chi connectivity index (χ3v) is 8.22. The van der Waals surface area contributed by atoms with E-state index in [1.165, 1.54) is 0 Å². The highest BCUT2D eigenvalue weighted by atomic mass is 28.4. The number of nitrogens with one attached hydrogen (secondary N) is 1. The Bertz CT molecular complexity index is 335. The molecular formula is C13H27F2NO4Si. The molecule has 0 bridgehead atoms. The zero-order chi connectivity index (χ0) is 16.8. The highest BCUT2D eigenvalue weighted by Gasteiger charge is 2.40. The molecule has 2 N–H and O–H groups in total. The van der Waals surface area contributed by atoms with Crippen molar-refractivity contribution in [1.82, 2.24) is 5.32 Å². The van der Waals surface area contributed by atoms with Crippen LogP contribution >= 0.6 is 0 Å². The Hall–Kier alpha value is -0.733. The first-order valence-corrected chi connectivity index (χ1v) is 9.83. The molecule has 0 fully saturated rings. The van der Waals surface area contributed by atoms with Crippen LogP contribution in [0.1, 0.15) is 27.7 Å². The molecule has 5 nitrogen and oxygen atoms in total. The highest BCUT2D eigenvalue weighted by molar-refractivity contribution is 6.74. The first kappa shape index (κ1) is 20.3. The van der Waals surface area contributed by atoms with Crippen molar-refractivity contribution in [2.45, 2.75) is 64.5 Å². The van der Waals surface area contributed by atoms with Gasteiger partial charge in [-0.2, -0.15) is 0 Å². The van der Waals surface area contributed by atoms with Crippen LogP contribution in [0.2, 0.25) is 18.1 Å². The molecule has 0 spiro atoms. The number of amides is 1. The average molecular weight is 327 g/mol. The molecule has 0 rings (SSSR count). The summed E-state index contributed by atoms with van der Waals surface area (Å²) in [6.07, 6.45) is -5.05. The fourth-order valence-corrected chi connectivity index (χ4v) is 2.77. The molecule has 0 aromatic rings. The normalized spacial score (nSPS) is 15.7. The first-order chi connectivity index (χ1) is 9.40. The van der Waals surface area contributed by atoms with Crippen molar-refractivity contribution < 1.29 is 27.8 Å². The maximum absolute atomic E-state index is 12.0. The summed E-state index contributed by atoms with van der Waals surface area (Å²) in [7, 11) is -2.08. The Morgan fingerprint density at radius 3 is 2.24 bits per heavy atom. The lowest BCUT2D eigenvalue weighted by Gasteiger charge is -2.39. The average Bonchev–Trinajstić information content (AvgIpc) is 2.31. The number of carbonyl (C=O) groups is 1. The lowest BCUT2D eigenvalue weighted by Crippen LogP contribution is -2.48. The van der Waals surface area contributed by atoms with E-state index in [2.05, 4.69) is 20.8 Å². The van der Waals surface area contributed by atoms with Gasteiger partial charge >= 0.3 is 6.09 Å². The first-order valence-electron chi connectivity index (χ1n) is 6.92. The molecule has 0 aliphatic carbocycles. The van der Waals surface area contributed by atoms with Gasteiger partial charge in [-0.25, -0.2) is 13.6 Å². The quantitative estimate of drug-likeness (QED) is 0.706. The molecule has 0 aromatic heterocycles. The van der Waals surface area contributed by atoms with E-state index in [4.69, 9.17) is 9.16 Å². The van der Waals surface area contributed by atoms with E-state index in [1.807, 2.05) is 18.4 Å². The van der Waals surface area contributed by atoms with Gasteiger partial charge in [-0.1, -0.05) is 20.8 Å². The van der Waals surface area contributed by atoms with Crippen LogP contribution in [0, 0.1) is 0 Å². The number of hydrogen-bond donors (Lipinski definition) is 2. The zero-order valence-electron chi connectivity index (χ0n) is 13.6. The highest BCUT2D eigenvalue weighted by Crippen LogP contribution is 2.37. The Kier molecular flexibility index (Phi) is 7.77. The minimum absolute atomic E-state index is 0.0286. The maximum Gasteiger partial charge on any atom is 0.407 e. The van der Waals surface area contributed by atoms with Crippen molar-refractivity contribution in [3.8, 4) is 0 Å². The smallest absolute Gasteiger partial charge is 0.407 e. The molecule has 0 aliphatic heterocycles. The molecule has 0 aliphatic rings. The maximum atomic E-state index is 12.0. The molecule has 0 heterocycles. The van der Waals surface area contributed by atoms with Crippen LogP contribution in [0.25, 0.3) is 0 Å². The molecule has 126 valence electrons. The summed E-state index contributed by atoms with van der Waals surface area (Å²) in [5, 5.41) is 11.2. The minimum Gasteiger partial charge on any atom is -0.441 e. The summed E-state index contributed by atoms with van der Waals surface area (Å²) >= 11 is 0. The van der Waals surface area contributed by atoms with Crippen LogP contribution in [0.4, 0.5) is 13.6 Å². The fourth-order valence-electron chi connectivity index (χ4n) is 1.34. The van der Waals surface area contributed by atoms with E-state index in [0.29, 0.717) is 0 Å². The number of aliphatic hydroxyl groups is 1. The molecule has 0 saturated carbocycles. The van der Waals surface area contributed by atoms with Crippen LogP contribution in [0.15, 0.2) is 0 Å². The van der Waals surface area contributed by atoms with E-state index >= 15 is 0 Å². The lowest BCUT2D eigenvalue weighted by atomic mass is 10.2. The standard InChI is InChI=1S/C13H27F2NO4Si/c1-9(20-21(5,6)13(2,3)4)10(8-17)19-12(18)16-7-11(14)15/h9-11,17H,7-8H2,1-6H3,(H,16,18). The van der Waals surface area contributed by atoms with Gasteiger partial charge in [-0.05, 0) is 25.1 Å². The Morgan fingerprint density at radius 1 is 1.33 bits per heavy atom. The second-order valence-electron chi connectivity index (χ2n) is 6.48. The Morgan fingerprint density at radius 2 is 1.86 bits per heavy atom. The summed E-state index contributed by atoms with van der Waals surface area (Å²) in [5.41, 5.74) is 0. The van der Waals surface area contributed by atoms with E-state index in [1.54, 1.807) is 6.92 Å². The van der Waals surface area contributed by atoms with Crippen molar-refractivity contribution >= 4 is 14.4 Å². The predicted octanol–water partition coefficient (Wildman–Crippen LogP) is 2.75. The Labute approximate surface area is 126 Å². The number of alkyl carbamates (subject to hydrolysis) is 1. The van der Waals surface area contributed by atoms with Crippen molar-refractivity contribution in [2.75, 3.05) is 13.2 Å². The van der Waals surface area contributed by atoms with Gasteiger partial charge in [0, 0.05) is 0 Å². The molecule has 2 atom stereocenters. The predicted molar refractivity (Wildman–Crippen MR) is 79.1 cm³/mol. The second-order valence-corrected chi connectivity index (χ2v) is 11.2. The Balaban J connectivity index is 4.56. The minimum atomic E-state index is -2.65. The van der Waals surface area contributed by atoms with Crippen molar-refractivity contribution in [2.24, 2.45) is 0 Å².